The molecule has 10 nitrogen and oxygen atoms in total. The molecule has 0 aliphatic carbocycles. The molecule has 0 aliphatic heterocycles. The van der Waals surface area contributed by atoms with Gasteiger partial charge in [-0.15, -0.1) is 0 Å². The Kier molecular flexibility index (Phi) is 22.1. The van der Waals surface area contributed by atoms with E-state index in [0.717, 1.165) is 0 Å². The van der Waals surface area contributed by atoms with Crippen LogP contribution in [0.3, 0.4) is 0 Å². The van der Waals surface area contributed by atoms with Crippen molar-refractivity contribution in [1.29, 1.82) is 0 Å². The van der Waals surface area contributed by atoms with Gasteiger partial charge < -0.3 is 42.9 Å². The quantitative estimate of drug-likeness (QED) is 0.338. The number of carbonyl (C=O) groups excluding carboxylic acids is 2. The van der Waals surface area contributed by atoms with Crippen LogP contribution in [0.15, 0.2) is 0 Å². The number of hydrogen-bond acceptors (Lipinski definition) is 8. The van der Waals surface area contributed by atoms with Crippen LogP contribution in [0, 0.1) is 0 Å². The predicted octanol–water partition coefficient (Wildman–Crippen LogP) is -8.19. The number of nitrogens with two attached hydrogens (primary N) is 2. The number of hydrogen-bond donors (Lipinski definition) is 4. The van der Waals surface area contributed by atoms with E-state index in [-0.39, 0.29) is 75.9 Å². The van der Waals surface area contributed by atoms with E-state index >= 15 is 0 Å². The molecule has 0 rings (SSSR count). The summed E-state index contributed by atoms with van der Waals surface area (Å²) in [5.74, 6) is -5.58. The van der Waals surface area contributed by atoms with Crippen LogP contribution in [0.1, 0.15) is 14.3 Å². The Morgan fingerprint density at radius 3 is 1.15 bits per heavy atom. The van der Waals surface area contributed by atoms with Gasteiger partial charge in [0, 0.05) is 0 Å². The third-order valence-electron chi connectivity index (χ3n) is 1.39. The molecule has 0 aromatic carbocycles. The molecule has 6 N–H and O–H groups in total. The van der Waals surface area contributed by atoms with Crippen molar-refractivity contribution in [3.63, 3.8) is 0 Å². The molecule has 0 bridgehead atoms. The Hall–Kier alpha value is 0.203. The molecule has 0 aromatic heterocycles. The largest absolute Gasteiger partial charge is 2.00 e. The summed E-state index contributed by atoms with van der Waals surface area (Å²) in [5.41, 5.74) is 9.55. The number of aliphatic carboxylic acids is 4. The minimum Gasteiger partial charge on any atom is -1.00 e. The first-order valence-corrected chi connectivity index (χ1v) is 4.44. The van der Waals surface area contributed by atoms with Gasteiger partial charge in [0.25, 0.3) is 0 Å². The zero-order chi connectivity index (χ0) is 14.9. The number of carboxylic acids is 4. The van der Waals surface area contributed by atoms with Crippen LogP contribution >= 0.6 is 0 Å². The zero-order valence-corrected chi connectivity index (χ0v) is 15.3. The van der Waals surface area contributed by atoms with Gasteiger partial charge >= 0.3 is 86.4 Å². The molecule has 0 saturated heterocycles. The van der Waals surface area contributed by atoms with Crippen molar-refractivity contribution < 1.29 is 92.4 Å². The molecule has 0 amide bonds. The van der Waals surface area contributed by atoms with Gasteiger partial charge in [-0.25, -0.2) is 0 Å². The van der Waals surface area contributed by atoms with E-state index in [4.69, 9.17) is 21.7 Å². The van der Waals surface area contributed by atoms with Crippen molar-refractivity contribution in [3.05, 3.63) is 0 Å². The summed E-state index contributed by atoms with van der Waals surface area (Å²) >= 11 is 0. The van der Waals surface area contributed by atoms with Crippen molar-refractivity contribution in [2.75, 3.05) is 0 Å². The van der Waals surface area contributed by atoms with Crippen molar-refractivity contribution in [1.82, 2.24) is 0 Å². The summed E-state index contributed by atoms with van der Waals surface area (Å²) in [4.78, 5) is 39.0. The van der Waals surface area contributed by atoms with Crippen molar-refractivity contribution in [2.24, 2.45) is 11.5 Å². The Morgan fingerprint density at radius 2 is 1.10 bits per heavy atom. The third-order valence-corrected chi connectivity index (χ3v) is 1.39. The Labute approximate surface area is 173 Å². The van der Waals surface area contributed by atoms with Gasteiger partial charge in [0.15, 0.2) is 0 Å². The maximum absolute atomic E-state index is 9.74. The number of carboxylic acid groups (broad SMARTS) is 4. The molecule has 0 saturated carbocycles. The van der Waals surface area contributed by atoms with Crippen LogP contribution in [-0.4, -0.2) is 69.2 Å². The van der Waals surface area contributed by atoms with Crippen LogP contribution in [0.4, 0.5) is 0 Å². The van der Waals surface area contributed by atoms with Crippen molar-refractivity contribution in [3.8, 4) is 0 Å². The van der Waals surface area contributed by atoms with Gasteiger partial charge in [-0.1, -0.05) is 0 Å². The van der Waals surface area contributed by atoms with Crippen molar-refractivity contribution in [2.45, 2.75) is 24.9 Å². The molecule has 0 fully saturated rings. The normalized spacial score (nSPS) is 11.3. The van der Waals surface area contributed by atoms with Crippen LogP contribution in [-0.2, 0) is 19.2 Å². The molecule has 0 aromatic rings. The second kappa shape index (κ2) is 15.6. The monoisotopic (exact) mass is 328 g/mol. The van der Waals surface area contributed by atoms with Gasteiger partial charge in [-0.05, 0) is 0 Å². The van der Waals surface area contributed by atoms with Gasteiger partial charge in [-0.2, -0.15) is 0 Å². The van der Waals surface area contributed by atoms with E-state index in [0.29, 0.717) is 0 Å². The van der Waals surface area contributed by atoms with Crippen molar-refractivity contribution >= 4 is 46.9 Å². The topological polar surface area (TPSA) is 207 Å². The third kappa shape index (κ3) is 20.5. The fourth-order valence-corrected chi connectivity index (χ4v) is 0.543. The van der Waals surface area contributed by atoms with Crippen LogP contribution in [0.5, 0.6) is 0 Å². The molecule has 0 radical (unpaired) electrons. The summed E-state index contributed by atoms with van der Waals surface area (Å²) < 4.78 is 0. The zero-order valence-electron chi connectivity index (χ0n) is 11.8. The van der Waals surface area contributed by atoms with E-state index in [1.165, 1.54) is 0 Å². The Bertz CT molecular complexity index is 314. The molecule has 0 aliphatic rings. The van der Waals surface area contributed by atoms with E-state index in [9.17, 15) is 29.4 Å². The van der Waals surface area contributed by atoms with E-state index in [2.05, 4.69) is 0 Å². The van der Waals surface area contributed by atoms with Gasteiger partial charge in [0.05, 0.1) is 36.9 Å². The molecule has 0 unspecified atom stereocenters. The Morgan fingerprint density at radius 1 is 0.900 bits per heavy atom. The summed E-state index contributed by atoms with van der Waals surface area (Å²) in [6, 6.07) is -2.80. The summed E-state index contributed by atoms with van der Waals surface area (Å²) in [5, 5.41) is 35.4. The molecular weight excluding hydrogens is 315 g/mol. The molecule has 12 heteroatoms. The number of carbonyl (C=O) groups is 4. The fourth-order valence-electron chi connectivity index (χ4n) is 0.543. The van der Waals surface area contributed by atoms with Crippen LogP contribution in [0.2, 0.25) is 0 Å². The SMILES string of the molecule is N[C@@H](CC(=O)O)C(=O)[O-].N[C@@H](CC(=O)O)C(=O)[O-].[H-].[K+].[Mg+2]. The minimum absolute atomic E-state index is 0. The minimum atomic E-state index is -1.54. The molecule has 2 atom stereocenters. The first kappa shape index (κ1) is 28.4. The van der Waals surface area contributed by atoms with E-state index < -0.39 is 48.8 Å². The molecule has 20 heavy (non-hydrogen) atoms. The predicted molar refractivity (Wildman–Crippen MR) is 57.3 cm³/mol. The fraction of sp³-hybridized carbons (Fsp3) is 0.500. The summed E-state index contributed by atoms with van der Waals surface area (Å²) in [6.45, 7) is 0. The smallest absolute Gasteiger partial charge is 1.00 e. The number of rotatable bonds is 6. The second-order valence-electron chi connectivity index (χ2n) is 3.05. The molecule has 106 valence electrons. The van der Waals surface area contributed by atoms with E-state index in [1.54, 1.807) is 0 Å². The first-order chi connectivity index (χ1) is 8.07. The first-order valence-electron chi connectivity index (χ1n) is 4.44. The average Bonchev–Trinajstić information content (AvgIpc) is 2.16. The maximum Gasteiger partial charge on any atom is 2.00 e. The standard InChI is InChI=1S/2C4H7NO4.K.Mg.H/c2*5-2(4(8)9)1-3(6)7;;;/h2*2H,1,5H2,(H,6,7)(H,8,9);;;/q;;+1;+2;-1/p-2/t2*2-;;;/m00.../s1. The average molecular weight is 329 g/mol. The van der Waals surface area contributed by atoms with Crippen LogP contribution in [0.25, 0.3) is 0 Å². The van der Waals surface area contributed by atoms with Gasteiger partial charge in [0.1, 0.15) is 0 Å². The Balaban J connectivity index is -0.0000000711. The molecule has 0 spiro atoms. The summed E-state index contributed by atoms with van der Waals surface area (Å²) in [7, 11) is 0. The second-order valence-corrected chi connectivity index (χ2v) is 3.05. The molecular formula is C8H13KMgN2O8. The maximum atomic E-state index is 9.74. The van der Waals surface area contributed by atoms with Gasteiger partial charge in [0.2, 0.25) is 0 Å². The van der Waals surface area contributed by atoms with Crippen LogP contribution < -0.4 is 73.1 Å². The van der Waals surface area contributed by atoms with E-state index in [1.807, 2.05) is 0 Å². The summed E-state index contributed by atoms with van der Waals surface area (Å²) in [6.07, 6.45) is -1.19. The molecule has 0 heterocycles. The van der Waals surface area contributed by atoms with Gasteiger partial charge in [-0.3, -0.25) is 9.59 Å².